The number of ketones is 1. The molecule has 0 aliphatic carbocycles. The summed E-state index contributed by atoms with van der Waals surface area (Å²) >= 11 is 0. The number of hydrogen-bond acceptors (Lipinski definition) is 4. The van der Waals surface area contributed by atoms with Crippen molar-refractivity contribution in [2.45, 2.75) is 33.6 Å². The number of aromatic hydroxyl groups is 1. The number of anilines is 1. The second-order valence-corrected chi connectivity index (χ2v) is 7.05. The molecule has 0 aliphatic heterocycles. The van der Waals surface area contributed by atoms with E-state index in [9.17, 15) is 19.8 Å². The number of carboxylic acid groups (broad SMARTS) is 1. The quantitative estimate of drug-likeness (QED) is 0.633. The fraction of sp³-hybridized carbons (Fsp3) is 0.364. The molecule has 144 valence electrons. The molecule has 27 heavy (non-hydrogen) atoms. The maximum atomic E-state index is 12.8. The van der Waals surface area contributed by atoms with E-state index >= 15 is 0 Å². The van der Waals surface area contributed by atoms with Gasteiger partial charge in [-0.05, 0) is 37.0 Å². The molecule has 0 saturated carbocycles. The molecule has 0 aromatic heterocycles. The largest absolute Gasteiger partial charge is 0.507 e. The third-order valence-corrected chi connectivity index (χ3v) is 4.46. The molecule has 0 amide bonds. The summed E-state index contributed by atoms with van der Waals surface area (Å²) in [5, 5.41) is 19.7. The molecule has 0 heterocycles. The minimum Gasteiger partial charge on any atom is -0.507 e. The van der Waals surface area contributed by atoms with Crippen molar-refractivity contribution < 1.29 is 19.8 Å². The van der Waals surface area contributed by atoms with E-state index in [1.54, 1.807) is 24.3 Å². The molecule has 0 aliphatic rings. The van der Waals surface area contributed by atoms with Crippen LogP contribution >= 0.6 is 0 Å². The maximum Gasteiger partial charge on any atom is 0.336 e. The zero-order valence-corrected chi connectivity index (χ0v) is 16.1. The molecule has 0 saturated heterocycles. The molecule has 5 heteroatoms. The van der Waals surface area contributed by atoms with Gasteiger partial charge in [0.1, 0.15) is 5.75 Å². The topological polar surface area (TPSA) is 77.8 Å². The Morgan fingerprint density at radius 2 is 1.67 bits per heavy atom. The molecule has 0 fully saturated rings. The predicted molar refractivity (Wildman–Crippen MR) is 107 cm³/mol. The first-order valence-electron chi connectivity index (χ1n) is 9.30. The van der Waals surface area contributed by atoms with Crippen LogP contribution in [0.25, 0.3) is 0 Å². The van der Waals surface area contributed by atoms with E-state index in [1.165, 1.54) is 12.1 Å². The number of hydrogen-bond donors (Lipinski definition) is 2. The first-order chi connectivity index (χ1) is 12.8. The molecule has 0 unspecified atom stereocenters. The fourth-order valence-corrected chi connectivity index (χ4v) is 2.98. The molecule has 0 bridgehead atoms. The van der Waals surface area contributed by atoms with Crippen LogP contribution in [0.5, 0.6) is 5.75 Å². The molecular weight excluding hydrogens is 342 g/mol. The number of carboxylic acids is 1. The van der Waals surface area contributed by atoms with Crippen molar-refractivity contribution >= 4 is 17.4 Å². The Labute approximate surface area is 160 Å². The molecule has 0 radical (unpaired) electrons. The van der Waals surface area contributed by atoms with Gasteiger partial charge in [-0.2, -0.15) is 0 Å². The summed E-state index contributed by atoms with van der Waals surface area (Å²) in [6.07, 6.45) is 2.01. The zero-order chi connectivity index (χ0) is 20.0. The average Bonchev–Trinajstić information content (AvgIpc) is 2.64. The van der Waals surface area contributed by atoms with Gasteiger partial charge in [0.2, 0.25) is 0 Å². The summed E-state index contributed by atoms with van der Waals surface area (Å²) in [6.45, 7) is 8.18. The van der Waals surface area contributed by atoms with Crippen LogP contribution < -0.4 is 4.90 Å². The van der Waals surface area contributed by atoms with Crippen LogP contribution in [-0.2, 0) is 0 Å². The van der Waals surface area contributed by atoms with Crippen molar-refractivity contribution in [3.8, 4) is 5.75 Å². The van der Waals surface area contributed by atoms with Gasteiger partial charge in [0.25, 0.3) is 0 Å². The van der Waals surface area contributed by atoms with Crippen LogP contribution in [-0.4, -0.2) is 35.1 Å². The van der Waals surface area contributed by atoms with Crippen molar-refractivity contribution in [3.63, 3.8) is 0 Å². The third kappa shape index (κ3) is 5.09. The maximum absolute atomic E-state index is 12.8. The monoisotopic (exact) mass is 369 g/mol. The van der Waals surface area contributed by atoms with Crippen molar-refractivity contribution in [1.82, 2.24) is 0 Å². The van der Waals surface area contributed by atoms with Crippen molar-refractivity contribution in [1.29, 1.82) is 0 Å². The first-order valence-corrected chi connectivity index (χ1v) is 9.30. The third-order valence-electron chi connectivity index (χ3n) is 4.46. The van der Waals surface area contributed by atoms with Crippen LogP contribution in [0.1, 0.15) is 59.9 Å². The van der Waals surface area contributed by atoms with Gasteiger partial charge in [0, 0.05) is 30.4 Å². The van der Waals surface area contributed by atoms with Gasteiger partial charge >= 0.3 is 5.97 Å². The van der Waals surface area contributed by atoms with Crippen LogP contribution in [0.3, 0.4) is 0 Å². The van der Waals surface area contributed by atoms with Gasteiger partial charge in [-0.25, -0.2) is 4.79 Å². The molecule has 2 aromatic rings. The summed E-state index contributed by atoms with van der Waals surface area (Å²) in [5.41, 5.74) is 0.958. The van der Waals surface area contributed by atoms with Crippen LogP contribution in [0, 0.1) is 5.92 Å². The molecule has 2 rings (SSSR count). The fourth-order valence-electron chi connectivity index (χ4n) is 2.98. The van der Waals surface area contributed by atoms with E-state index in [2.05, 4.69) is 25.7 Å². The van der Waals surface area contributed by atoms with Crippen molar-refractivity contribution in [2.24, 2.45) is 5.92 Å². The van der Waals surface area contributed by atoms with Crippen LogP contribution in [0.4, 0.5) is 5.69 Å². The number of carbonyl (C=O) groups excluding carboxylic acids is 1. The van der Waals surface area contributed by atoms with E-state index < -0.39 is 11.8 Å². The molecule has 0 spiro atoms. The van der Waals surface area contributed by atoms with Gasteiger partial charge in [-0.15, -0.1) is 0 Å². The van der Waals surface area contributed by atoms with Crippen molar-refractivity contribution in [2.75, 3.05) is 18.0 Å². The Hall–Kier alpha value is -2.82. The number of phenolic OH excluding ortho intramolecular Hbond substituents is 1. The van der Waals surface area contributed by atoms with E-state index in [0.29, 0.717) is 5.92 Å². The van der Waals surface area contributed by atoms with E-state index in [4.69, 9.17) is 0 Å². The summed E-state index contributed by atoms with van der Waals surface area (Å²) < 4.78 is 0. The van der Waals surface area contributed by atoms with Gasteiger partial charge in [-0.1, -0.05) is 39.0 Å². The summed E-state index contributed by atoms with van der Waals surface area (Å²) in [6, 6.07) is 11.0. The highest BCUT2D eigenvalue weighted by atomic mass is 16.4. The minimum atomic E-state index is -1.17. The number of phenols is 1. The lowest BCUT2D eigenvalue weighted by Crippen LogP contribution is -2.26. The molecule has 2 aromatic carbocycles. The smallest absolute Gasteiger partial charge is 0.336 e. The minimum absolute atomic E-state index is 0.0678. The Morgan fingerprint density at radius 1 is 1.00 bits per heavy atom. The van der Waals surface area contributed by atoms with Crippen molar-refractivity contribution in [3.05, 3.63) is 59.2 Å². The Kier molecular flexibility index (Phi) is 6.99. The van der Waals surface area contributed by atoms with Crippen LogP contribution in [0.15, 0.2) is 42.5 Å². The van der Waals surface area contributed by atoms with Gasteiger partial charge in [0.15, 0.2) is 5.78 Å². The Morgan fingerprint density at radius 3 is 2.22 bits per heavy atom. The Balaban J connectivity index is 2.33. The number of nitrogens with zero attached hydrogens (tertiary/aromatic N) is 1. The lowest BCUT2D eigenvalue weighted by molar-refractivity contribution is 0.0692. The zero-order valence-electron chi connectivity index (χ0n) is 16.1. The highest BCUT2D eigenvalue weighted by molar-refractivity contribution is 6.15. The van der Waals surface area contributed by atoms with E-state index in [1.807, 2.05) is 6.07 Å². The normalized spacial score (nSPS) is 10.8. The number of aromatic carboxylic acids is 1. The standard InChI is InChI=1S/C22H27NO4/c1-4-12-23(13-11-15(2)3)16-9-10-19(20(24)14-16)21(25)17-7-5-6-8-18(17)22(26)27/h5-10,14-15,24H,4,11-13H2,1-3H3,(H,26,27). The predicted octanol–water partition coefficient (Wildman–Crippen LogP) is 4.58. The highest BCUT2D eigenvalue weighted by Gasteiger charge is 2.20. The van der Waals surface area contributed by atoms with Gasteiger partial charge in [-0.3, -0.25) is 4.79 Å². The van der Waals surface area contributed by atoms with Gasteiger partial charge < -0.3 is 15.1 Å². The summed E-state index contributed by atoms with van der Waals surface area (Å²) in [4.78, 5) is 26.3. The number of benzene rings is 2. The summed E-state index contributed by atoms with van der Waals surface area (Å²) in [5.74, 6) is -1.23. The molecule has 5 nitrogen and oxygen atoms in total. The highest BCUT2D eigenvalue weighted by Crippen LogP contribution is 2.28. The van der Waals surface area contributed by atoms with E-state index in [0.717, 1.165) is 31.6 Å². The number of rotatable bonds is 9. The average molecular weight is 369 g/mol. The van der Waals surface area contributed by atoms with Crippen LogP contribution in [0.2, 0.25) is 0 Å². The lowest BCUT2D eigenvalue weighted by atomic mass is 9.97. The number of carbonyl (C=O) groups is 2. The van der Waals surface area contributed by atoms with E-state index in [-0.39, 0.29) is 22.4 Å². The molecule has 2 N–H and O–H groups in total. The second kappa shape index (κ2) is 9.21. The lowest BCUT2D eigenvalue weighted by Gasteiger charge is -2.25. The first kappa shape index (κ1) is 20.5. The Bertz CT molecular complexity index is 814. The summed E-state index contributed by atoms with van der Waals surface area (Å²) in [7, 11) is 0. The SMILES string of the molecule is CCCN(CCC(C)C)c1ccc(C(=O)c2ccccc2C(=O)O)c(O)c1. The second-order valence-electron chi connectivity index (χ2n) is 7.05. The molecule has 0 atom stereocenters. The molecular formula is C22H27NO4. The van der Waals surface area contributed by atoms with Gasteiger partial charge in [0.05, 0.1) is 11.1 Å².